The van der Waals surface area contributed by atoms with Crippen LogP contribution in [-0.4, -0.2) is 23.8 Å². The summed E-state index contributed by atoms with van der Waals surface area (Å²) in [6, 6.07) is 6.03. The smallest absolute Gasteiger partial charge is 0.119 e. The Morgan fingerprint density at radius 2 is 2.19 bits per heavy atom. The number of aromatic nitrogens is 1. The Morgan fingerprint density at radius 3 is 2.88 bits per heavy atom. The molecule has 0 fully saturated rings. The van der Waals surface area contributed by atoms with Crippen molar-refractivity contribution in [2.24, 2.45) is 0 Å². The minimum Gasteiger partial charge on any atom is -0.497 e. The average Bonchev–Trinajstić information content (AvgIpc) is 2.61. The number of ether oxygens (including phenoxy) is 1. The average molecular weight is 219 g/mol. The lowest BCUT2D eigenvalue weighted by Crippen LogP contribution is -1.90. The van der Waals surface area contributed by atoms with E-state index in [4.69, 9.17) is 9.84 Å². The van der Waals surface area contributed by atoms with E-state index in [1.165, 1.54) is 16.6 Å². The van der Waals surface area contributed by atoms with Crippen molar-refractivity contribution >= 4 is 10.9 Å². The summed E-state index contributed by atoms with van der Waals surface area (Å²) in [5.74, 6) is 0.872. The summed E-state index contributed by atoms with van der Waals surface area (Å²) in [6.45, 7) is 2.30. The number of aromatic amines is 1. The van der Waals surface area contributed by atoms with E-state index in [-0.39, 0.29) is 6.61 Å². The van der Waals surface area contributed by atoms with Crippen molar-refractivity contribution in [2.75, 3.05) is 13.7 Å². The van der Waals surface area contributed by atoms with Gasteiger partial charge in [-0.25, -0.2) is 0 Å². The molecule has 0 atom stereocenters. The zero-order valence-corrected chi connectivity index (χ0v) is 9.71. The maximum Gasteiger partial charge on any atom is 0.119 e. The monoisotopic (exact) mass is 219 g/mol. The van der Waals surface area contributed by atoms with E-state index in [9.17, 15) is 0 Å². The summed E-state index contributed by atoms with van der Waals surface area (Å²) in [5, 5.41) is 10.1. The summed E-state index contributed by atoms with van der Waals surface area (Å²) >= 11 is 0. The number of hydrogen-bond acceptors (Lipinski definition) is 2. The molecule has 1 aromatic carbocycles. The van der Waals surface area contributed by atoms with Crippen LogP contribution in [0, 0.1) is 6.92 Å². The molecule has 0 aliphatic rings. The fourth-order valence-corrected chi connectivity index (χ4v) is 2.07. The molecule has 1 heterocycles. The number of methoxy groups -OCH3 is 1. The number of hydrogen-bond donors (Lipinski definition) is 2. The van der Waals surface area contributed by atoms with Crippen LogP contribution < -0.4 is 4.74 Å². The second kappa shape index (κ2) is 4.58. The van der Waals surface area contributed by atoms with E-state index in [0.29, 0.717) is 0 Å². The molecule has 2 N–H and O–H groups in total. The summed E-state index contributed by atoms with van der Waals surface area (Å²) in [4.78, 5) is 3.35. The van der Waals surface area contributed by atoms with Crippen LogP contribution in [0.4, 0.5) is 0 Å². The predicted molar refractivity (Wildman–Crippen MR) is 65.0 cm³/mol. The Bertz CT molecular complexity index is 488. The van der Waals surface area contributed by atoms with E-state index in [2.05, 4.69) is 11.9 Å². The maximum absolute atomic E-state index is 8.89. The first-order valence-corrected chi connectivity index (χ1v) is 5.52. The summed E-state index contributed by atoms with van der Waals surface area (Å²) in [5.41, 5.74) is 3.59. The van der Waals surface area contributed by atoms with Crippen LogP contribution >= 0.6 is 0 Å². The van der Waals surface area contributed by atoms with Crippen molar-refractivity contribution in [3.63, 3.8) is 0 Å². The van der Waals surface area contributed by atoms with E-state index in [1.54, 1.807) is 7.11 Å². The number of aliphatic hydroxyl groups is 1. The largest absolute Gasteiger partial charge is 0.497 e. The van der Waals surface area contributed by atoms with Gasteiger partial charge in [-0.05, 0) is 43.5 Å². The Kier molecular flexibility index (Phi) is 3.15. The molecule has 3 nitrogen and oxygen atoms in total. The minimum atomic E-state index is 0.232. The quantitative estimate of drug-likeness (QED) is 0.829. The van der Waals surface area contributed by atoms with Crippen molar-refractivity contribution < 1.29 is 9.84 Å². The van der Waals surface area contributed by atoms with Crippen LogP contribution in [0.3, 0.4) is 0 Å². The molecule has 2 aromatic rings. The lowest BCUT2D eigenvalue weighted by molar-refractivity contribution is 0.288. The third-order valence-electron chi connectivity index (χ3n) is 2.91. The first kappa shape index (κ1) is 11.0. The van der Waals surface area contributed by atoms with Crippen LogP contribution in [-0.2, 0) is 6.42 Å². The third kappa shape index (κ3) is 1.91. The summed E-state index contributed by atoms with van der Waals surface area (Å²) in [7, 11) is 1.67. The van der Waals surface area contributed by atoms with Crippen LogP contribution in [0.1, 0.15) is 17.7 Å². The standard InChI is InChI=1S/C13H17NO2/c1-9-11(4-3-7-15)12-8-10(16-2)5-6-13(12)14-9/h5-6,8,14-15H,3-4,7H2,1-2H3. The number of benzene rings is 1. The molecule has 0 unspecified atom stereocenters. The number of nitrogens with one attached hydrogen (secondary N) is 1. The number of rotatable bonds is 4. The Hall–Kier alpha value is -1.48. The molecule has 1 aromatic heterocycles. The molecule has 0 saturated carbocycles. The normalized spacial score (nSPS) is 10.9. The van der Waals surface area contributed by atoms with E-state index in [1.807, 2.05) is 18.2 Å². The molecular formula is C13H17NO2. The van der Waals surface area contributed by atoms with Crippen LogP contribution in [0.5, 0.6) is 5.75 Å². The van der Waals surface area contributed by atoms with Gasteiger partial charge in [-0.15, -0.1) is 0 Å². The molecule has 16 heavy (non-hydrogen) atoms. The van der Waals surface area contributed by atoms with Crippen molar-refractivity contribution in [2.45, 2.75) is 19.8 Å². The van der Waals surface area contributed by atoms with Gasteiger partial charge in [0.25, 0.3) is 0 Å². The fourth-order valence-electron chi connectivity index (χ4n) is 2.07. The molecule has 3 heteroatoms. The lowest BCUT2D eigenvalue weighted by atomic mass is 10.1. The van der Waals surface area contributed by atoms with Gasteiger partial charge in [0.1, 0.15) is 5.75 Å². The molecule has 0 radical (unpaired) electrons. The first-order valence-electron chi connectivity index (χ1n) is 5.52. The fraction of sp³-hybridized carbons (Fsp3) is 0.385. The van der Waals surface area contributed by atoms with Gasteiger partial charge in [0, 0.05) is 23.2 Å². The molecule has 0 amide bonds. The minimum absolute atomic E-state index is 0.232. The molecule has 0 bridgehead atoms. The molecule has 86 valence electrons. The third-order valence-corrected chi connectivity index (χ3v) is 2.91. The zero-order valence-electron chi connectivity index (χ0n) is 9.71. The van der Waals surface area contributed by atoms with E-state index in [0.717, 1.165) is 24.1 Å². The second-order valence-corrected chi connectivity index (χ2v) is 3.97. The van der Waals surface area contributed by atoms with Gasteiger partial charge in [-0.1, -0.05) is 0 Å². The van der Waals surface area contributed by atoms with Crippen LogP contribution in [0.25, 0.3) is 10.9 Å². The first-order chi connectivity index (χ1) is 7.76. The number of aliphatic hydroxyl groups excluding tert-OH is 1. The van der Waals surface area contributed by atoms with Crippen LogP contribution in [0.15, 0.2) is 18.2 Å². The SMILES string of the molecule is COc1ccc2[nH]c(C)c(CCCO)c2c1. The lowest BCUT2D eigenvalue weighted by Gasteiger charge is -2.02. The second-order valence-electron chi connectivity index (χ2n) is 3.97. The van der Waals surface area contributed by atoms with Crippen molar-refractivity contribution in [1.29, 1.82) is 0 Å². The number of aryl methyl sites for hydroxylation is 2. The van der Waals surface area contributed by atoms with Gasteiger partial charge in [-0.2, -0.15) is 0 Å². The highest BCUT2D eigenvalue weighted by Gasteiger charge is 2.08. The summed E-state index contributed by atoms with van der Waals surface area (Å²) in [6.07, 6.45) is 1.69. The summed E-state index contributed by atoms with van der Waals surface area (Å²) < 4.78 is 5.23. The molecule has 2 rings (SSSR count). The number of fused-ring (bicyclic) bond motifs is 1. The van der Waals surface area contributed by atoms with E-state index >= 15 is 0 Å². The Balaban J connectivity index is 2.48. The molecular weight excluding hydrogens is 202 g/mol. The Morgan fingerprint density at radius 1 is 1.38 bits per heavy atom. The zero-order chi connectivity index (χ0) is 11.5. The van der Waals surface area contributed by atoms with Gasteiger partial charge in [0.2, 0.25) is 0 Å². The highest BCUT2D eigenvalue weighted by Crippen LogP contribution is 2.27. The van der Waals surface area contributed by atoms with Crippen molar-refractivity contribution in [1.82, 2.24) is 4.98 Å². The van der Waals surface area contributed by atoms with Gasteiger partial charge < -0.3 is 14.8 Å². The molecule has 0 saturated heterocycles. The van der Waals surface area contributed by atoms with E-state index < -0.39 is 0 Å². The van der Waals surface area contributed by atoms with Crippen molar-refractivity contribution in [3.05, 3.63) is 29.5 Å². The highest BCUT2D eigenvalue weighted by molar-refractivity contribution is 5.86. The van der Waals surface area contributed by atoms with Crippen molar-refractivity contribution in [3.8, 4) is 5.75 Å². The number of H-pyrrole nitrogens is 1. The highest BCUT2D eigenvalue weighted by atomic mass is 16.5. The molecule has 0 aliphatic heterocycles. The van der Waals surface area contributed by atoms with Gasteiger partial charge in [-0.3, -0.25) is 0 Å². The predicted octanol–water partition coefficient (Wildman–Crippen LogP) is 2.41. The maximum atomic E-state index is 8.89. The van der Waals surface area contributed by atoms with Gasteiger partial charge in [0.05, 0.1) is 7.11 Å². The molecule has 0 aliphatic carbocycles. The van der Waals surface area contributed by atoms with Gasteiger partial charge >= 0.3 is 0 Å². The van der Waals surface area contributed by atoms with Crippen LogP contribution in [0.2, 0.25) is 0 Å². The van der Waals surface area contributed by atoms with Gasteiger partial charge in [0.15, 0.2) is 0 Å². The molecule has 0 spiro atoms. The topological polar surface area (TPSA) is 45.2 Å². The Labute approximate surface area is 95.1 Å².